The second-order valence-electron chi connectivity index (χ2n) is 6.25. The molecule has 0 aliphatic carbocycles. The Labute approximate surface area is 154 Å². The number of nitrogens with zero attached hydrogens (tertiary/aromatic N) is 4. The van der Waals surface area contributed by atoms with Gasteiger partial charge >= 0.3 is 5.69 Å². The maximum atomic E-state index is 12.7. The number of imidazole rings is 1. The summed E-state index contributed by atoms with van der Waals surface area (Å²) in [7, 11) is 3.01. The lowest BCUT2D eigenvalue weighted by Crippen LogP contribution is -2.37. The third-order valence-corrected chi connectivity index (χ3v) is 4.50. The Bertz CT molecular complexity index is 1070. The van der Waals surface area contributed by atoms with Gasteiger partial charge in [-0.3, -0.25) is 18.5 Å². The summed E-state index contributed by atoms with van der Waals surface area (Å²) in [5, 5.41) is 13.1. The monoisotopic (exact) mass is 377 g/mol. The van der Waals surface area contributed by atoms with Gasteiger partial charge in [0.2, 0.25) is 5.95 Å². The number of aryl methyl sites for hydroxylation is 1. The average molecular weight is 378 g/mol. The van der Waals surface area contributed by atoms with Gasteiger partial charge in [-0.1, -0.05) is 23.7 Å². The SMILES string of the molecule is C[C@H](CO)Nc1nc2c(c(=O)n(C)c(=O)n2C)n1Cc1ccc(Cl)cc1. The van der Waals surface area contributed by atoms with Crippen molar-refractivity contribution in [1.82, 2.24) is 18.7 Å². The van der Waals surface area contributed by atoms with E-state index in [1.165, 1.54) is 11.6 Å². The van der Waals surface area contributed by atoms with Gasteiger partial charge < -0.3 is 10.4 Å². The second kappa shape index (κ2) is 6.97. The number of hydrogen-bond acceptors (Lipinski definition) is 5. The molecule has 0 bridgehead atoms. The third-order valence-electron chi connectivity index (χ3n) is 4.25. The van der Waals surface area contributed by atoms with E-state index in [9.17, 15) is 14.7 Å². The highest BCUT2D eigenvalue weighted by Crippen LogP contribution is 2.19. The van der Waals surface area contributed by atoms with E-state index in [1.807, 2.05) is 12.1 Å². The molecule has 0 spiro atoms. The molecule has 2 aromatic heterocycles. The summed E-state index contributed by atoms with van der Waals surface area (Å²) in [5.74, 6) is 0.412. The molecule has 0 saturated carbocycles. The highest BCUT2D eigenvalue weighted by Gasteiger charge is 2.20. The van der Waals surface area contributed by atoms with E-state index < -0.39 is 11.2 Å². The van der Waals surface area contributed by atoms with Crippen molar-refractivity contribution in [2.75, 3.05) is 11.9 Å². The zero-order valence-electron chi connectivity index (χ0n) is 14.7. The average Bonchev–Trinajstić information content (AvgIpc) is 2.98. The summed E-state index contributed by atoms with van der Waals surface area (Å²) >= 11 is 5.94. The molecule has 0 fully saturated rings. The number of nitrogens with one attached hydrogen (secondary N) is 1. The molecule has 0 amide bonds. The lowest BCUT2D eigenvalue weighted by Gasteiger charge is -2.14. The molecule has 3 aromatic rings. The van der Waals surface area contributed by atoms with Gasteiger partial charge in [-0.2, -0.15) is 4.98 Å². The van der Waals surface area contributed by atoms with Crippen molar-refractivity contribution in [3.05, 3.63) is 55.7 Å². The molecule has 0 saturated heterocycles. The minimum absolute atomic E-state index is 0.0961. The van der Waals surface area contributed by atoms with Crippen LogP contribution < -0.4 is 16.6 Å². The van der Waals surface area contributed by atoms with Crippen molar-refractivity contribution in [3.8, 4) is 0 Å². The van der Waals surface area contributed by atoms with Crippen LogP contribution in [0.1, 0.15) is 12.5 Å². The van der Waals surface area contributed by atoms with E-state index in [1.54, 1.807) is 30.7 Å². The van der Waals surface area contributed by atoms with Crippen molar-refractivity contribution in [2.45, 2.75) is 19.5 Å². The van der Waals surface area contributed by atoms with Gasteiger partial charge in [-0.05, 0) is 24.6 Å². The number of aliphatic hydroxyl groups is 1. The van der Waals surface area contributed by atoms with E-state index in [-0.39, 0.29) is 12.6 Å². The number of benzene rings is 1. The predicted molar refractivity (Wildman–Crippen MR) is 101 cm³/mol. The topological polar surface area (TPSA) is 94.1 Å². The maximum Gasteiger partial charge on any atom is 0.332 e. The van der Waals surface area contributed by atoms with Gasteiger partial charge in [-0.15, -0.1) is 0 Å². The summed E-state index contributed by atoms with van der Waals surface area (Å²) in [4.78, 5) is 29.4. The summed E-state index contributed by atoms with van der Waals surface area (Å²) < 4.78 is 4.11. The summed E-state index contributed by atoms with van der Waals surface area (Å²) in [6.45, 7) is 2.06. The predicted octanol–water partition coefficient (Wildman–Crippen LogP) is 0.928. The van der Waals surface area contributed by atoms with E-state index in [0.717, 1.165) is 10.1 Å². The Morgan fingerprint density at radius 1 is 1.19 bits per heavy atom. The molecule has 2 heterocycles. The number of aliphatic hydroxyl groups excluding tert-OH is 1. The smallest absolute Gasteiger partial charge is 0.332 e. The van der Waals surface area contributed by atoms with Crippen LogP contribution >= 0.6 is 11.6 Å². The molecule has 0 radical (unpaired) electrons. The quantitative estimate of drug-likeness (QED) is 0.689. The molecule has 9 heteroatoms. The Kier molecular flexibility index (Phi) is 4.88. The zero-order chi connectivity index (χ0) is 19.0. The van der Waals surface area contributed by atoms with Crippen molar-refractivity contribution in [1.29, 1.82) is 0 Å². The fourth-order valence-corrected chi connectivity index (χ4v) is 2.88. The van der Waals surface area contributed by atoms with E-state index >= 15 is 0 Å². The lowest BCUT2D eigenvalue weighted by atomic mass is 10.2. The summed E-state index contributed by atoms with van der Waals surface area (Å²) in [5.41, 5.74) is 0.663. The number of hydrogen-bond donors (Lipinski definition) is 2. The molecule has 8 nitrogen and oxygen atoms in total. The van der Waals surface area contributed by atoms with Crippen LogP contribution in [0, 0.1) is 0 Å². The highest BCUT2D eigenvalue weighted by atomic mass is 35.5. The molecule has 1 aromatic carbocycles. The largest absolute Gasteiger partial charge is 0.394 e. The Morgan fingerprint density at radius 2 is 1.85 bits per heavy atom. The van der Waals surface area contributed by atoms with Crippen LogP contribution in [0.3, 0.4) is 0 Å². The van der Waals surface area contributed by atoms with Crippen molar-refractivity contribution >= 4 is 28.7 Å². The Morgan fingerprint density at radius 3 is 2.46 bits per heavy atom. The zero-order valence-corrected chi connectivity index (χ0v) is 15.5. The van der Waals surface area contributed by atoms with Gasteiger partial charge in [-0.25, -0.2) is 4.79 Å². The first kappa shape index (κ1) is 18.2. The van der Waals surface area contributed by atoms with Crippen LogP contribution in [-0.2, 0) is 20.6 Å². The van der Waals surface area contributed by atoms with Gasteiger partial charge in [0.1, 0.15) is 0 Å². The fraction of sp³-hybridized carbons (Fsp3) is 0.353. The minimum Gasteiger partial charge on any atom is -0.394 e. The minimum atomic E-state index is -0.444. The van der Waals surface area contributed by atoms with Crippen LogP contribution in [0.25, 0.3) is 11.2 Å². The van der Waals surface area contributed by atoms with E-state index in [4.69, 9.17) is 11.6 Å². The molecule has 3 rings (SSSR count). The number of anilines is 1. The lowest BCUT2D eigenvalue weighted by molar-refractivity contribution is 0.281. The first-order valence-corrected chi connectivity index (χ1v) is 8.49. The highest BCUT2D eigenvalue weighted by molar-refractivity contribution is 6.30. The molecule has 138 valence electrons. The second-order valence-corrected chi connectivity index (χ2v) is 6.69. The molecule has 0 aliphatic rings. The van der Waals surface area contributed by atoms with E-state index in [2.05, 4.69) is 10.3 Å². The van der Waals surface area contributed by atoms with Gasteiger partial charge in [0, 0.05) is 25.2 Å². The molecule has 0 aliphatic heterocycles. The van der Waals surface area contributed by atoms with Crippen LogP contribution in [0.15, 0.2) is 33.9 Å². The van der Waals surface area contributed by atoms with Gasteiger partial charge in [0.15, 0.2) is 11.2 Å². The number of rotatable bonds is 5. The first-order valence-electron chi connectivity index (χ1n) is 8.11. The summed E-state index contributed by atoms with van der Waals surface area (Å²) in [6.07, 6.45) is 0. The van der Waals surface area contributed by atoms with Crippen molar-refractivity contribution in [2.24, 2.45) is 14.1 Å². The molecule has 1 atom stereocenters. The number of fused-ring (bicyclic) bond motifs is 1. The Hall–Kier alpha value is -2.58. The molecular weight excluding hydrogens is 358 g/mol. The Balaban J connectivity index is 2.25. The van der Waals surface area contributed by atoms with Crippen molar-refractivity contribution < 1.29 is 5.11 Å². The number of aromatic nitrogens is 4. The third kappa shape index (κ3) is 3.13. The van der Waals surface area contributed by atoms with Crippen LogP contribution in [0.2, 0.25) is 5.02 Å². The van der Waals surface area contributed by atoms with Gasteiger partial charge in [0.05, 0.1) is 13.2 Å². The maximum absolute atomic E-state index is 12.7. The molecule has 0 unspecified atom stereocenters. The molecular formula is C17H20ClN5O3. The van der Waals surface area contributed by atoms with Crippen LogP contribution in [0.4, 0.5) is 5.95 Å². The number of halogens is 1. The normalized spacial score (nSPS) is 12.5. The van der Waals surface area contributed by atoms with Gasteiger partial charge in [0.25, 0.3) is 5.56 Å². The van der Waals surface area contributed by atoms with Crippen molar-refractivity contribution in [3.63, 3.8) is 0 Å². The fourth-order valence-electron chi connectivity index (χ4n) is 2.75. The summed E-state index contributed by atoms with van der Waals surface area (Å²) in [6, 6.07) is 7.00. The van der Waals surface area contributed by atoms with E-state index in [0.29, 0.717) is 28.7 Å². The van der Waals surface area contributed by atoms with Crippen LogP contribution in [-0.4, -0.2) is 36.4 Å². The standard InChI is InChI=1S/C17H20ClN5O3/c1-10(9-24)19-16-20-14-13(15(25)22(3)17(26)21(14)2)23(16)8-11-4-6-12(18)7-5-11/h4-7,10,24H,8-9H2,1-3H3,(H,19,20)/t10-/m1/s1. The first-order chi connectivity index (χ1) is 12.3. The molecule has 2 N–H and O–H groups in total. The molecule has 26 heavy (non-hydrogen) atoms. The van der Waals surface area contributed by atoms with Crippen LogP contribution in [0.5, 0.6) is 0 Å².